The van der Waals surface area contributed by atoms with Crippen molar-refractivity contribution in [3.05, 3.63) is 71.3 Å². The van der Waals surface area contributed by atoms with Gasteiger partial charge in [-0.2, -0.15) is 0 Å². The van der Waals surface area contributed by atoms with Crippen molar-refractivity contribution in [3.63, 3.8) is 0 Å². The van der Waals surface area contributed by atoms with E-state index >= 15 is 0 Å². The second-order valence-corrected chi connectivity index (χ2v) is 5.32. The van der Waals surface area contributed by atoms with Gasteiger partial charge in [0, 0.05) is 6.54 Å². The maximum absolute atomic E-state index is 12.0. The number of carbonyl (C=O) groups is 1. The molecule has 0 unspecified atom stereocenters. The zero-order chi connectivity index (χ0) is 15.1. The van der Waals surface area contributed by atoms with Crippen molar-refractivity contribution in [1.82, 2.24) is 5.32 Å². The van der Waals surface area contributed by atoms with Gasteiger partial charge >= 0.3 is 0 Å². The minimum absolute atomic E-state index is 0. The van der Waals surface area contributed by atoms with Crippen LogP contribution in [-0.2, 0) is 17.6 Å². The van der Waals surface area contributed by atoms with E-state index in [9.17, 15) is 4.79 Å². The summed E-state index contributed by atoms with van der Waals surface area (Å²) in [6.45, 7) is 2.68. The molecule has 0 aliphatic heterocycles. The molecule has 2 aromatic carbocycles. The van der Waals surface area contributed by atoms with Crippen LogP contribution in [-0.4, -0.2) is 18.5 Å². The quantitative estimate of drug-likeness (QED) is 0.860. The molecular weight excluding hydrogens is 296 g/mol. The number of hydrogen-bond donors (Lipinski definition) is 2. The Labute approximate surface area is 138 Å². The van der Waals surface area contributed by atoms with E-state index in [4.69, 9.17) is 5.73 Å². The first kappa shape index (κ1) is 18.2. The largest absolute Gasteiger partial charge is 0.354 e. The molecule has 0 aliphatic carbocycles. The SMILES string of the molecule is Cc1ccc(CCNC(=O)[C@@H](N)Cc2ccccc2)cc1.Cl. The summed E-state index contributed by atoms with van der Waals surface area (Å²) in [5.41, 5.74) is 9.48. The average Bonchev–Trinajstić information content (AvgIpc) is 2.50. The maximum atomic E-state index is 12.0. The van der Waals surface area contributed by atoms with Gasteiger partial charge in [0.1, 0.15) is 0 Å². The van der Waals surface area contributed by atoms with Crippen molar-refractivity contribution in [2.45, 2.75) is 25.8 Å². The summed E-state index contributed by atoms with van der Waals surface area (Å²) < 4.78 is 0. The Bertz CT molecular complexity index is 569. The van der Waals surface area contributed by atoms with Gasteiger partial charge < -0.3 is 11.1 Å². The molecule has 1 atom stereocenters. The van der Waals surface area contributed by atoms with Gasteiger partial charge in [0.25, 0.3) is 0 Å². The summed E-state index contributed by atoms with van der Waals surface area (Å²) in [6, 6.07) is 17.7. The molecule has 0 radical (unpaired) electrons. The lowest BCUT2D eigenvalue weighted by atomic mass is 10.1. The molecule has 0 heterocycles. The predicted molar refractivity (Wildman–Crippen MR) is 93.3 cm³/mol. The first-order valence-electron chi connectivity index (χ1n) is 7.28. The third-order valence-electron chi connectivity index (χ3n) is 3.47. The Morgan fingerprint density at radius 1 is 1.05 bits per heavy atom. The highest BCUT2D eigenvalue weighted by Crippen LogP contribution is 2.04. The summed E-state index contributed by atoms with van der Waals surface area (Å²) in [4.78, 5) is 12.0. The molecule has 0 spiro atoms. The Hall–Kier alpha value is -1.84. The zero-order valence-corrected chi connectivity index (χ0v) is 13.6. The predicted octanol–water partition coefficient (Wildman–Crippen LogP) is 2.65. The van der Waals surface area contributed by atoms with Crippen molar-refractivity contribution < 1.29 is 4.79 Å². The molecule has 22 heavy (non-hydrogen) atoms. The van der Waals surface area contributed by atoms with Crippen LogP contribution in [0.15, 0.2) is 54.6 Å². The lowest BCUT2D eigenvalue weighted by Crippen LogP contribution is -2.42. The van der Waals surface area contributed by atoms with Crippen LogP contribution in [0.1, 0.15) is 16.7 Å². The molecule has 0 saturated carbocycles. The third-order valence-corrected chi connectivity index (χ3v) is 3.47. The fourth-order valence-electron chi connectivity index (χ4n) is 2.18. The fraction of sp³-hybridized carbons (Fsp3) is 0.278. The summed E-state index contributed by atoms with van der Waals surface area (Å²) >= 11 is 0. The zero-order valence-electron chi connectivity index (χ0n) is 12.8. The second-order valence-electron chi connectivity index (χ2n) is 5.32. The lowest BCUT2D eigenvalue weighted by molar-refractivity contribution is -0.122. The van der Waals surface area contributed by atoms with Gasteiger partial charge in [-0.25, -0.2) is 0 Å². The standard InChI is InChI=1S/C18H22N2O.ClH/c1-14-7-9-15(10-8-14)11-12-20-18(21)17(19)13-16-5-3-2-4-6-16;/h2-10,17H,11-13,19H2,1H3,(H,20,21);1H/t17-;/m0./s1. The van der Waals surface area contributed by atoms with E-state index in [2.05, 4.69) is 36.5 Å². The van der Waals surface area contributed by atoms with Crippen LogP contribution >= 0.6 is 12.4 Å². The number of aryl methyl sites for hydroxylation is 1. The number of hydrogen-bond acceptors (Lipinski definition) is 2. The van der Waals surface area contributed by atoms with Crippen LogP contribution in [0.3, 0.4) is 0 Å². The molecule has 1 amide bonds. The highest BCUT2D eigenvalue weighted by Gasteiger charge is 2.13. The Morgan fingerprint density at radius 2 is 1.68 bits per heavy atom. The first-order chi connectivity index (χ1) is 10.1. The molecule has 4 heteroatoms. The number of benzene rings is 2. The minimum atomic E-state index is -0.495. The van der Waals surface area contributed by atoms with Crippen LogP contribution in [0.25, 0.3) is 0 Å². The van der Waals surface area contributed by atoms with E-state index < -0.39 is 6.04 Å². The number of halogens is 1. The molecule has 0 fully saturated rings. The minimum Gasteiger partial charge on any atom is -0.354 e. The molecule has 118 valence electrons. The van der Waals surface area contributed by atoms with E-state index in [1.165, 1.54) is 11.1 Å². The number of carbonyl (C=O) groups excluding carboxylic acids is 1. The lowest BCUT2D eigenvalue weighted by Gasteiger charge is -2.12. The van der Waals surface area contributed by atoms with E-state index in [-0.39, 0.29) is 18.3 Å². The van der Waals surface area contributed by atoms with Crippen LogP contribution in [0.5, 0.6) is 0 Å². The number of rotatable bonds is 6. The van der Waals surface area contributed by atoms with Crippen LogP contribution < -0.4 is 11.1 Å². The third kappa shape index (κ3) is 5.88. The summed E-state index contributed by atoms with van der Waals surface area (Å²) in [7, 11) is 0. The van der Waals surface area contributed by atoms with Crippen molar-refractivity contribution in [2.75, 3.05) is 6.54 Å². The van der Waals surface area contributed by atoms with Gasteiger partial charge in [-0.1, -0.05) is 60.2 Å². The van der Waals surface area contributed by atoms with Crippen molar-refractivity contribution in [2.24, 2.45) is 5.73 Å². The molecular formula is C18H23ClN2O. The molecule has 0 saturated heterocycles. The highest BCUT2D eigenvalue weighted by molar-refractivity contribution is 5.85. The molecule has 0 aromatic heterocycles. The second kappa shape index (κ2) is 9.23. The maximum Gasteiger partial charge on any atom is 0.237 e. The fourth-order valence-corrected chi connectivity index (χ4v) is 2.18. The molecule has 0 aliphatic rings. The number of nitrogens with one attached hydrogen (secondary N) is 1. The first-order valence-corrected chi connectivity index (χ1v) is 7.28. The Morgan fingerprint density at radius 3 is 2.32 bits per heavy atom. The van der Waals surface area contributed by atoms with E-state index in [1.807, 2.05) is 30.3 Å². The topological polar surface area (TPSA) is 55.1 Å². The smallest absolute Gasteiger partial charge is 0.237 e. The van der Waals surface area contributed by atoms with Crippen LogP contribution in [0.2, 0.25) is 0 Å². The van der Waals surface area contributed by atoms with E-state index in [0.717, 1.165) is 12.0 Å². The average molecular weight is 319 g/mol. The number of amides is 1. The van der Waals surface area contributed by atoms with Gasteiger partial charge in [-0.05, 0) is 30.9 Å². The molecule has 3 nitrogen and oxygen atoms in total. The van der Waals surface area contributed by atoms with Gasteiger partial charge in [0.15, 0.2) is 0 Å². The van der Waals surface area contributed by atoms with Crippen molar-refractivity contribution in [3.8, 4) is 0 Å². The van der Waals surface area contributed by atoms with Gasteiger partial charge in [-0.3, -0.25) is 4.79 Å². The summed E-state index contributed by atoms with van der Waals surface area (Å²) in [5, 5.41) is 2.90. The molecule has 3 N–H and O–H groups in total. The van der Waals surface area contributed by atoms with E-state index in [1.54, 1.807) is 0 Å². The van der Waals surface area contributed by atoms with Gasteiger partial charge in [-0.15, -0.1) is 12.4 Å². The Kier molecular flexibility index (Phi) is 7.64. The molecule has 0 bridgehead atoms. The Balaban J connectivity index is 0.00000242. The normalized spacial score (nSPS) is 11.4. The summed E-state index contributed by atoms with van der Waals surface area (Å²) in [6.07, 6.45) is 1.39. The number of nitrogens with two attached hydrogens (primary N) is 1. The highest BCUT2D eigenvalue weighted by atomic mass is 35.5. The summed E-state index contributed by atoms with van der Waals surface area (Å²) in [5.74, 6) is -0.0917. The van der Waals surface area contributed by atoms with Crippen molar-refractivity contribution >= 4 is 18.3 Å². The van der Waals surface area contributed by atoms with Crippen molar-refractivity contribution in [1.29, 1.82) is 0 Å². The monoisotopic (exact) mass is 318 g/mol. The van der Waals surface area contributed by atoms with E-state index in [0.29, 0.717) is 13.0 Å². The van der Waals surface area contributed by atoms with Crippen LogP contribution in [0.4, 0.5) is 0 Å². The molecule has 2 rings (SSSR count). The molecule has 2 aromatic rings. The van der Waals surface area contributed by atoms with Gasteiger partial charge in [0.2, 0.25) is 5.91 Å². The van der Waals surface area contributed by atoms with Crippen LogP contribution in [0, 0.1) is 6.92 Å². The van der Waals surface area contributed by atoms with Gasteiger partial charge in [0.05, 0.1) is 6.04 Å².